The van der Waals surface area contributed by atoms with E-state index in [1.54, 1.807) is 0 Å². The van der Waals surface area contributed by atoms with Gasteiger partial charge in [0.25, 0.3) is 0 Å². The van der Waals surface area contributed by atoms with Gasteiger partial charge in [0, 0.05) is 32.7 Å². The van der Waals surface area contributed by atoms with Crippen molar-refractivity contribution in [3.8, 4) is 0 Å². The average molecular weight is 201 g/mol. The van der Waals surface area contributed by atoms with Crippen molar-refractivity contribution in [2.45, 2.75) is 26.2 Å². The molecule has 0 aliphatic carbocycles. The van der Waals surface area contributed by atoms with Crippen molar-refractivity contribution in [3.63, 3.8) is 0 Å². The minimum absolute atomic E-state index is 0. The molecular weight excluding hydrogens is 187 g/mol. The molecule has 0 aromatic carbocycles. The predicted molar refractivity (Wildman–Crippen MR) is 36.1 cm³/mol. The third kappa shape index (κ3) is 3.69. The number of piperidine rings is 1. The van der Waals surface area contributed by atoms with Crippen LogP contribution in [0.5, 0.6) is 0 Å². The summed E-state index contributed by atoms with van der Waals surface area (Å²) >= 11 is 0. The fraction of sp³-hybridized carbons (Fsp3) is 1.00. The second kappa shape index (κ2) is 5.82. The zero-order valence-corrected chi connectivity index (χ0v) is 8.98. The third-order valence-corrected chi connectivity index (χ3v) is 1.97. The van der Waals surface area contributed by atoms with Crippen LogP contribution in [0, 0.1) is 5.92 Å². The summed E-state index contributed by atoms with van der Waals surface area (Å²) in [6.07, 6.45) is 4.04. The molecule has 1 nitrogen and oxygen atoms in total. The zero-order chi connectivity index (χ0) is 5.82. The van der Waals surface area contributed by atoms with Crippen LogP contribution >= 0.6 is 0 Å². The number of nitrogens with zero attached hydrogens (tertiary/aromatic N) is 1. The normalized spacial score (nSPS) is 21.0. The SMILES string of the molecule is CCC1CC[N-]CC1.[Y]. The van der Waals surface area contributed by atoms with Crippen molar-refractivity contribution in [1.29, 1.82) is 0 Å². The minimum Gasteiger partial charge on any atom is -0.662 e. The Balaban J connectivity index is 0.000000640. The van der Waals surface area contributed by atoms with Gasteiger partial charge >= 0.3 is 0 Å². The first-order valence-corrected chi connectivity index (χ1v) is 3.56. The molecule has 2 heteroatoms. The summed E-state index contributed by atoms with van der Waals surface area (Å²) < 4.78 is 0. The second-order valence-corrected chi connectivity index (χ2v) is 2.52. The van der Waals surface area contributed by atoms with Crippen LogP contribution in [0.25, 0.3) is 5.32 Å². The van der Waals surface area contributed by atoms with Crippen molar-refractivity contribution >= 4 is 0 Å². The Bertz CT molecular complexity index is 59.9. The fourth-order valence-electron chi connectivity index (χ4n) is 1.21. The van der Waals surface area contributed by atoms with Crippen molar-refractivity contribution in [2.75, 3.05) is 13.1 Å². The van der Waals surface area contributed by atoms with Gasteiger partial charge in [-0.15, -0.1) is 13.1 Å². The molecule has 0 spiro atoms. The van der Waals surface area contributed by atoms with Gasteiger partial charge in [0.15, 0.2) is 0 Å². The standard InChI is InChI=1S/C7H14N.Y/c1-2-7-3-5-8-6-4-7;/h7H,2-6H2,1H3;/q-1;. The van der Waals surface area contributed by atoms with Crippen molar-refractivity contribution in [1.82, 2.24) is 0 Å². The Morgan fingerprint density at radius 1 is 1.33 bits per heavy atom. The first-order valence-electron chi connectivity index (χ1n) is 3.56. The van der Waals surface area contributed by atoms with Gasteiger partial charge in [-0.25, -0.2) is 0 Å². The Morgan fingerprint density at radius 3 is 2.22 bits per heavy atom. The van der Waals surface area contributed by atoms with Gasteiger partial charge in [-0.1, -0.05) is 26.2 Å². The summed E-state index contributed by atoms with van der Waals surface area (Å²) in [7, 11) is 0. The molecule has 1 saturated heterocycles. The van der Waals surface area contributed by atoms with E-state index >= 15 is 0 Å². The first kappa shape index (κ1) is 10.1. The summed E-state index contributed by atoms with van der Waals surface area (Å²) in [6, 6.07) is 0. The maximum Gasteiger partial charge on any atom is 0 e. The van der Waals surface area contributed by atoms with Crippen LogP contribution in [0.4, 0.5) is 0 Å². The van der Waals surface area contributed by atoms with E-state index in [1.807, 2.05) is 0 Å². The number of rotatable bonds is 1. The van der Waals surface area contributed by atoms with Gasteiger partial charge in [0.05, 0.1) is 0 Å². The van der Waals surface area contributed by atoms with E-state index < -0.39 is 0 Å². The van der Waals surface area contributed by atoms with Gasteiger partial charge in [0.2, 0.25) is 0 Å². The zero-order valence-electron chi connectivity index (χ0n) is 6.14. The van der Waals surface area contributed by atoms with Crippen LogP contribution in [-0.4, -0.2) is 13.1 Å². The Morgan fingerprint density at radius 2 is 1.89 bits per heavy atom. The van der Waals surface area contributed by atoms with E-state index in [-0.39, 0.29) is 32.7 Å². The van der Waals surface area contributed by atoms with Crippen LogP contribution in [0.1, 0.15) is 26.2 Å². The summed E-state index contributed by atoms with van der Waals surface area (Å²) in [4.78, 5) is 0. The van der Waals surface area contributed by atoms with Crippen LogP contribution in [0.2, 0.25) is 0 Å². The third-order valence-electron chi connectivity index (χ3n) is 1.97. The molecule has 0 atom stereocenters. The van der Waals surface area contributed by atoms with E-state index in [9.17, 15) is 0 Å². The molecule has 0 unspecified atom stereocenters. The molecule has 1 aliphatic rings. The Kier molecular flexibility index (Phi) is 6.51. The van der Waals surface area contributed by atoms with E-state index in [0.717, 1.165) is 19.0 Å². The van der Waals surface area contributed by atoms with E-state index in [4.69, 9.17) is 0 Å². The van der Waals surface area contributed by atoms with Gasteiger partial charge in [-0.05, 0) is 5.92 Å². The summed E-state index contributed by atoms with van der Waals surface area (Å²) in [5.74, 6) is 0.993. The molecule has 0 saturated carbocycles. The number of hydrogen-bond donors (Lipinski definition) is 0. The molecule has 0 aromatic heterocycles. The maximum atomic E-state index is 4.28. The van der Waals surface area contributed by atoms with Gasteiger partial charge in [0.1, 0.15) is 0 Å². The molecule has 1 rings (SSSR count). The van der Waals surface area contributed by atoms with Gasteiger partial charge < -0.3 is 5.32 Å². The first-order chi connectivity index (χ1) is 3.93. The van der Waals surface area contributed by atoms with Crippen molar-refractivity contribution in [3.05, 3.63) is 5.32 Å². The molecule has 0 N–H and O–H groups in total. The molecule has 1 radical (unpaired) electrons. The quantitative estimate of drug-likeness (QED) is 0.617. The largest absolute Gasteiger partial charge is 0.662 e. The van der Waals surface area contributed by atoms with Crippen LogP contribution in [0.3, 0.4) is 0 Å². The molecule has 0 amide bonds. The van der Waals surface area contributed by atoms with E-state index in [0.29, 0.717) is 0 Å². The predicted octanol–water partition coefficient (Wildman–Crippen LogP) is 2.18. The molecule has 9 heavy (non-hydrogen) atoms. The molecule has 1 fully saturated rings. The molecule has 1 heterocycles. The average Bonchev–Trinajstić information content (AvgIpc) is 1.90. The maximum absolute atomic E-state index is 4.28. The number of hydrogen-bond acceptors (Lipinski definition) is 0. The molecular formula is C7H14NY-. The molecule has 51 valence electrons. The minimum atomic E-state index is 0. The monoisotopic (exact) mass is 201 g/mol. The van der Waals surface area contributed by atoms with Crippen molar-refractivity contribution < 1.29 is 32.7 Å². The molecule has 0 bridgehead atoms. The molecule has 1 aliphatic heterocycles. The van der Waals surface area contributed by atoms with Crippen molar-refractivity contribution in [2.24, 2.45) is 5.92 Å². The smallest absolute Gasteiger partial charge is 0 e. The van der Waals surface area contributed by atoms with Crippen LogP contribution in [0.15, 0.2) is 0 Å². The van der Waals surface area contributed by atoms with E-state index in [1.165, 1.54) is 19.3 Å². The van der Waals surface area contributed by atoms with Gasteiger partial charge in [-0.2, -0.15) is 0 Å². The van der Waals surface area contributed by atoms with Gasteiger partial charge in [-0.3, -0.25) is 0 Å². The Hall–Kier alpha value is 1.06. The van der Waals surface area contributed by atoms with Crippen LogP contribution in [-0.2, 0) is 32.7 Å². The van der Waals surface area contributed by atoms with Crippen LogP contribution < -0.4 is 0 Å². The van der Waals surface area contributed by atoms with E-state index in [2.05, 4.69) is 12.2 Å². The summed E-state index contributed by atoms with van der Waals surface area (Å²) in [6.45, 7) is 4.52. The Labute approximate surface area is 82.9 Å². The molecule has 0 aromatic rings. The fourth-order valence-corrected chi connectivity index (χ4v) is 1.21. The summed E-state index contributed by atoms with van der Waals surface area (Å²) in [5, 5.41) is 4.28. The second-order valence-electron chi connectivity index (χ2n) is 2.52. The summed E-state index contributed by atoms with van der Waals surface area (Å²) in [5.41, 5.74) is 0. The topological polar surface area (TPSA) is 14.1 Å².